The largest absolute Gasteiger partial charge is 0.460 e. The summed E-state index contributed by atoms with van der Waals surface area (Å²) in [4.78, 5) is 30.7. The quantitative estimate of drug-likeness (QED) is 0.161. The number of aromatic nitrogens is 6. The fourth-order valence-electron chi connectivity index (χ4n) is 4.22. The van der Waals surface area contributed by atoms with Crippen molar-refractivity contribution in [3.8, 4) is 5.82 Å². The summed E-state index contributed by atoms with van der Waals surface area (Å²) in [5.74, 6) is -14.3. The van der Waals surface area contributed by atoms with Crippen molar-refractivity contribution in [3.05, 3.63) is 81.5 Å². The number of hydrogen-bond acceptors (Lipinski definition) is 6. The first-order valence-electron chi connectivity index (χ1n) is 13.1. The van der Waals surface area contributed by atoms with Crippen molar-refractivity contribution in [2.75, 3.05) is 5.32 Å². The third-order valence-corrected chi connectivity index (χ3v) is 6.76. The Kier molecular flexibility index (Phi) is 9.16. The molecule has 1 aromatic carbocycles. The number of nitrogens with one attached hydrogen (secondary N) is 1. The molecule has 0 aliphatic rings. The number of anilines is 1. The fourth-order valence-corrected chi connectivity index (χ4v) is 4.42. The maximum atomic E-state index is 14.6. The van der Waals surface area contributed by atoms with Gasteiger partial charge < -0.3 is 5.32 Å². The number of amides is 2. The number of pyridine rings is 1. The van der Waals surface area contributed by atoms with Gasteiger partial charge in [0, 0.05) is 6.20 Å². The van der Waals surface area contributed by atoms with Gasteiger partial charge in [-0.15, -0.1) is 5.10 Å². The van der Waals surface area contributed by atoms with Crippen LogP contribution in [0.2, 0.25) is 5.02 Å². The summed E-state index contributed by atoms with van der Waals surface area (Å²) in [5.41, 5.74) is -1.65. The van der Waals surface area contributed by atoms with Gasteiger partial charge in [0.2, 0.25) is 0 Å². The second-order valence-corrected chi connectivity index (χ2v) is 10.8. The zero-order valence-corrected chi connectivity index (χ0v) is 24.9. The molecular weight excluding hydrogens is 656 g/mol. The lowest BCUT2D eigenvalue weighted by atomic mass is 10.0. The Bertz CT molecular complexity index is 1790. The van der Waals surface area contributed by atoms with Crippen LogP contribution in [0.3, 0.4) is 0 Å². The van der Waals surface area contributed by atoms with E-state index in [9.17, 15) is 44.8 Å². The molecule has 46 heavy (non-hydrogen) atoms. The molecule has 0 saturated heterocycles. The highest BCUT2D eigenvalue weighted by molar-refractivity contribution is 6.32. The first-order chi connectivity index (χ1) is 21.3. The highest BCUT2D eigenvalue weighted by atomic mass is 35.5. The number of nitrogens with zero attached hydrogens (tertiary/aromatic N) is 7. The van der Waals surface area contributed by atoms with Gasteiger partial charge in [-0.3, -0.25) is 9.59 Å². The highest BCUT2D eigenvalue weighted by Crippen LogP contribution is 2.51. The van der Waals surface area contributed by atoms with Crippen LogP contribution in [-0.4, -0.2) is 64.8 Å². The van der Waals surface area contributed by atoms with E-state index in [0.29, 0.717) is 15.8 Å². The van der Waals surface area contributed by atoms with Crippen molar-refractivity contribution in [3.63, 3.8) is 0 Å². The summed E-state index contributed by atoms with van der Waals surface area (Å²) in [6.45, 7) is 5.47. The smallest absolute Gasteiger partial charge is 0.320 e. The zero-order chi connectivity index (χ0) is 34.4. The molecule has 0 unspecified atom stereocenters. The minimum atomic E-state index is -6.58. The molecule has 0 fully saturated rings. The second kappa shape index (κ2) is 12.3. The summed E-state index contributed by atoms with van der Waals surface area (Å²) in [6, 6.07) is 6.15. The van der Waals surface area contributed by atoms with Crippen molar-refractivity contribution < 1.29 is 44.8 Å². The summed E-state index contributed by atoms with van der Waals surface area (Å²) in [6.07, 6.45) is -5.10. The molecule has 10 nitrogen and oxygen atoms in total. The maximum Gasteiger partial charge on any atom is 0.460 e. The summed E-state index contributed by atoms with van der Waals surface area (Å²) in [7, 11) is 0. The van der Waals surface area contributed by atoms with Crippen molar-refractivity contribution in [1.29, 1.82) is 0 Å². The van der Waals surface area contributed by atoms with E-state index < -0.39 is 48.1 Å². The third-order valence-electron chi connectivity index (χ3n) is 6.46. The average Bonchev–Trinajstić information content (AvgIpc) is 3.61. The Morgan fingerprint density at radius 3 is 2.35 bits per heavy atom. The van der Waals surface area contributed by atoms with E-state index in [-0.39, 0.29) is 44.8 Å². The van der Waals surface area contributed by atoms with Crippen LogP contribution in [0, 0.1) is 13.8 Å². The van der Waals surface area contributed by atoms with Crippen molar-refractivity contribution >= 4 is 29.1 Å². The van der Waals surface area contributed by atoms with Gasteiger partial charge in [-0.25, -0.2) is 14.3 Å². The molecule has 0 saturated carbocycles. The Morgan fingerprint density at radius 2 is 1.74 bits per heavy atom. The predicted molar refractivity (Wildman–Crippen MR) is 147 cm³/mol. The fraction of sp³-hybridized carbons (Fsp3) is 0.333. The molecule has 246 valence electrons. The zero-order valence-electron chi connectivity index (χ0n) is 24.2. The molecule has 3 aromatic heterocycles. The molecule has 0 aliphatic carbocycles. The lowest BCUT2D eigenvalue weighted by Crippen LogP contribution is -2.50. The SMILES string of the molecule is Cc1cc(C)c(NC(=O)c2cc(Cn3cc(C(F)(F)C(F)(F)C(F)(F)F)nn3)nn2-c2ncccc2Cl)c(C(=O)N(F)C(C)C)c1. The molecule has 4 rings (SSSR count). The molecule has 19 heteroatoms. The monoisotopic (exact) mass is 678 g/mol. The van der Waals surface area contributed by atoms with Crippen LogP contribution in [0.15, 0.2) is 42.7 Å². The topological polar surface area (TPSA) is 111 Å². The number of halogens is 9. The number of carbonyl (C=O) groups excluding carboxylic acids is 2. The molecule has 0 atom stereocenters. The number of aryl methyl sites for hydroxylation is 2. The number of rotatable bonds is 9. The Labute approximate surface area is 259 Å². The van der Waals surface area contributed by atoms with E-state index in [1.165, 1.54) is 38.2 Å². The molecule has 0 radical (unpaired) electrons. The summed E-state index contributed by atoms with van der Waals surface area (Å²) < 4.78 is 109. The van der Waals surface area contributed by atoms with Crippen LogP contribution in [0.5, 0.6) is 0 Å². The molecule has 2 amide bonds. The lowest BCUT2D eigenvalue weighted by Gasteiger charge is -2.26. The number of benzene rings is 1. The second-order valence-electron chi connectivity index (χ2n) is 10.4. The molecule has 0 spiro atoms. The van der Waals surface area contributed by atoms with E-state index in [1.807, 2.05) is 0 Å². The Morgan fingerprint density at radius 1 is 1.07 bits per heavy atom. The van der Waals surface area contributed by atoms with Crippen LogP contribution in [-0.2, 0) is 12.5 Å². The van der Waals surface area contributed by atoms with Crippen molar-refractivity contribution in [2.24, 2.45) is 0 Å². The Hall–Kier alpha value is -4.61. The van der Waals surface area contributed by atoms with E-state index in [0.717, 1.165) is 10.7 Å². The van der Waals surface area contributed by atoms with Crippen molar-refractivity contribution in [1.82, 2.24) is 34.9 Å². The molecule has 0 aliphatic heterocycles. The van der Waals surface area contributed by atoms with Gasteiger partial charge in [-0.05, 0) is 63.1 Å². The van der Waals surface area contributed by atoms with Gasteiger partial charge >= 0.3 is 18.0 Å². The normalized spacial score (nSPS) is 12.5. The number of hydrogen-bond donors (Lipinski definition) is 1. The molecule has 4 aromatic rings. The van der Waals surface area contributed by atoms with Gasteiger partial charge in [0.25, 0.3) is 11.8 Å². The van der Waals surface area contributed by atoms with Crippen LogP contribution >= 0.6 is 11.6 Å². The van der Waals surface area contributed by atoms with Crippen LogP contribution in [0.1, 0.15) is 57.2 Å². The summed E-state index contributed by atoms with van der Waals surface area (Å²) >= 11 is 6.25. The predicted octanol–water partition coefficient (Wildman–Crippen LogP) is 6.45. The maximum absolute atomic E-state index is 14.6. The van der Waals surface area contributed by atoms with Crippen LogP contribution in [0.4, 0.5) is 40.9 Å². The van der Waals surface area contributed by atoms with Crippen LogP contribution < -0.4 is 5.32 Å². The first kappa shape index (κ1) is 34.3. The van der Waals surface area contributed by atoms with Gasteiger partial charge in [-0.1, -0.05) is 27.4 Å². The molecular formula is C27H23ClF8N8O2. The van der Waals surface area contributed by atoms with Crippen molar-refractivity contribution in [2.45, 2.75) is 58.3 Å². The van der Waals surface area contributed by atoms with E-state index in [4.69, 9.17) is 11.6 Å². The van der Waals surface area contributed by atoms with Gasteiger partial charge in [0.1, 0.15) is 5.69 Å². The van der Waals surface area contributed by atoms with Gasteiger partial charge in [0.05, 0.1) is 40.8 Å². The van der Waals surface area contributed by atoms with E-state index >= 15 is 0 Å². The minimum Gasteiger partial charge on any atom is -0.320 e. The standard InChI is InChI=1S/C27H23ClF8N8O2/c1-13(2)43(36)24(46)17-9-14(3)8-15(4)21(17)38-23(45)19-10-16(40-44(19)22-18(28)6-5-7-37-22)11-42-12-20(39-41-42)25(29,30)26(31,32)27(33,34)35/h5-10,12-13H,11H2,1-4H3,(H,38,45). The number of alkyl halides is 7. The first-order valence-corrected chi connectivity index (χ1v) is 13.5. The number of carbonyl (C=O) groups is 2. The average molecular weight is 679 g/mol. The minimum absolute atomic E-state index is 0.00402. The molecule has 3 heterocycles. The van der Waals surface area contributed by atoms with Crippen LogP contribution in [0.25, 0.3) is 5.82 Å². The van der Waals surface area contributed by atoms with E-state index in [2.05, 4.69) is 25.7 Å². The highest BCUT2D eigenvalue weighted by Gasteiger charge is 2.74. The molecule has 1 N–H and O–H groups in total. The van der Waals surface area contributed by atoms with Gasteiger partial charge in [-0.2, -0.15) is 41.0 Å². The van der Waals surface area contributed by atoms with E-state index in [1.54, 1.807) is 19.9 Å². The Balaban J connectivity index is 1.74. The lowest BCUT2D eigenvalue weighted by molar-refractivity contribution is -0.360. The third kappa shape index (κ3) is 6.38. The molecule has 0 bridgehead atoms. The summed E-state index contributed by atoms with van der Waals surface area (Å²) in [5, 5.41) is 12.7. The van der Waals surface area contributed by atoms with Gasteiger partial charge in [0.15, 0.2) is 11.5 Å².